The molecule has 0 radical (unpaired) electrons. The van der Waals surface area contributed by atoms with Crippen LogP contribution in [0.1, 0.15) is 19.8 Å². The summed E-state index contributed by atoms with van der Waals surface area (Å²) in [6, 6.07) is 0. The van der Waals surface area contributed by atoms with Crippen molar-refractivity contribution in [3.05, 3.63) is 0 Å². The van der Waals surface area contributed by atoms with Crippen LogP contribution in [-0.2, 0) is 9.84 Å². The van der Waals surface area contributed by atoms with Gasteiger partial charge in [0.05, 0.1) is 11.0 Å². The third-order valence-electron chi connectivity index (χ3n) is 2.17. The van der Waals surface area contributed by atoms with Crippen molar-refractivity contribution in [3.8, 4) is 0 Å². The molecule has 1 rings (SSSR count). The van der Waals surface area contributed by atoms with Crippen molar-refractivity contribution in [2.24, 2.45) is 11.1 Å². The Kier molecular flexibility index (Phi) is 2.41. The smallest absolute Gasteiger partial charge is 0.155 e. The highest BCUT2D eigenvalue weighted by Gasteiger charge is 2.35. The van der Waals surface area contributed by atoms with E-state index >= 15 is 0 Å². The predicted molar refractivity (Wildman–Crippen MR) is 46.3 cm³/mol. The van der Waals surface area contributed by atoms with E-state index in [1.54, 1.807) is 6.92 Å². The number of hydrogen-bond acceptors (Lipinski definition) is 4. The molecule has 1 N–H and O–H groups in total. The monoisotopic (exact) mass is 191 g/mol. The molecule has 1 aliphatic carbocycles. The van der Waals surface area contributed by atoms with Crippen molar-refractivity contribution in [2.75, 3.05) is 6.26 Å². The molecular formula is C7H13NO3S. The molecule has 4 nitrogen and oxygen atoms in total. The van der Waals surface area contributed by atoms with Gasteiger partial charge in [-0.1, -0.05) is 5.16 Å². The maximum atomic E-state index is 11.1. The van der Waals surface area contributed by atoms with Crippen LogP contribution >= 0.6 is 0 Å². The zero-order valence-corrected chi connectivity index (χ0v) is 8.00. The SMILES string of the molecule is C[C@H](/C(=N\O)C1CC1)S(C)(=O)=O. The first-order valence-corrected chi connectivity index (χ1v) is 5.83. The van der Waals surface area contributed by atoms with E-state index in [2.05, 4.69) is 5.16 Å². The molecule has 1 fully saturated rings. The lowest BCUT2D eigenvalue weighted by atomic mass is 10.2. The van der Waals surface area contributed by atoms with Gasteiger partial charge in [-0.05, 0) is 19.8 Å². The second-order valence-corrected chi connectivity index (χ2v) is 5.64. The van der Waals surface area contributed by atoms with Crippen LogP contribution < -0.4 is 0 Å². The molecule has 0 bridgehead atoms. The third kappa shape index (κ3) is 1.97. The Bertz CT molecular complexity index is 290. The van der Waals surface area contributed by atoms with Crippen LogP contribution in [0.15, 0.2) is 5.16 Å². The largest absolute Gasteiger partial charge is 0.411 e. The zero-order valence-electron chi connectivity index (χ0n) is 7.19. The van der Waals surface area contributed by atoms with Crippen LogP contribution in [0.5, 0.6) is 0 Å². The van der Waals surface area contributed by atoms with E-state index < -0.39 is 15.1 Å². The van der Waals surface area contributed by atoms with Gasteiger partial charge in [0.15, 0.2) is 9.84 Å². The van der Waals surface area contributed by atoms with Gasteiger partial charge in [0.1, 0.15) is 0 Å². The molecular weight excluding hydrogens is 178 g/mol. The lowest BCUT2D eigenvalue weighted by Crippen LogP contribution is -2.27. The molecule has 0 spiro atoms. The third-order valence-corrected chi connectivity index (χ3v) is 3.70. The van der Waals surface area contributed by atoms with Crippen molar-refractivity contribution in [1.29, 1.82) is 0 Å². The Morgan fingerprint density at radius 2 is 2.08 bits per heavy atom. The van der Waals surface area contributed by atoms with Crippen molar-refractivity contribution in [1.82, 2.24) is 0 Å². The van der Waals surface area contributed by atoms with Crippen LogP contribution in [0.4, 0.5) is 0 Å². The van der Waals surface area contributed by atoms with Crippen LogP contribution in [-0.4, -0.2) is 30.8 Å². The maximum Gasteiger partial charge on any atom is 0.155 e. The fourth-order valence-electron chi connectivity index (χ4n) is 1.09. The molecule has 5 heteroatoms. The molecule has 0 aliphatic heterocycles. The summed E-state index contributed by atoms with van der Waals surface area (Å²) in [7, 11) is -3.11. The fourth-order valence-corrected chi connectivity index (χ4v) is 1.77. The van der Waals surface area contributed by atoms with Crippen LogP contribution in [0.25, 0.3) is 0 Å². The molecule has 1 saturated carbocycles. The van der Waals surface area contributed by atoms with E-state index in [0.717, 1.165) is 19.1 Å². The van der Waals surface area contributed by atoms with Crippen molar-refractivity contribution < 1.29 is 13.6 Å². The molecule has 0 amide bonds. The minimum Gasteiger partial charge on any atom is -0.411 e. The summed E-state index contributed by atoms with van der Waals surface area (Å²) in [4.78, 5) is 0. The van der Waals surface area contributed by atoms with Gasteiger partial charge in [0.25, 0.3) is 0 Å². The highest BCUT2D eigenvalue weighted by Crippen LogP contribution is 2.32. The van der Waals surface area contributed by atoms with E-state index in [-0.39, 0.29) is 5.92 Å². The van der Waals surface area contributed by atoms with Crippen LogP contribution in [0.3, 0.4) is 0 Å². The number of sulfone groups is 1. The summed E-state index contributed by atoms with van der Waals surface area (Å²) in [6.45, 7) is 1.56. The summed E-state index contributed by atoms with van der Waals surface area (Å²) < 4.78 is 22.1. The molecule has 0 aromatic carbocycles. The van der Waals surface area contributed by atoms with Gasteiger partial charge < -0.3 is 5.21 Å². The predicted octanol–water partition coefficient (Wildman–Crippen LogP) is 0.660. The summed E-state index contributed by atoms with van der Waals surface area (Å²) in [5.41, 5.74) is 0.414. The Labute approximate surface area is 72.2 Å². The van der Waals surface area contributed by atoms with E-state index in [1.807, 2.05) is 0 Å². The van der Waals surface area contributed by atoms with Crippen molar-refractivity contribution in [3.63, 3.8) is 0 Å². The van der Waals surface area contributed by atoms with E-state index in [4.69, 9.17) is 5.21 Å². The van der Waals surface area contributed by atoms with Crippen molar-refractivity contribution in [2.45, 2.75) is 25.0 Å². The van der Waals surface area contributed by atoms with Gasteiger partial charge in [-0.2, -0.15) is 0 Å². The molecule has 12 heavy (non-hydrogen) atoms. The van der Waals surface area contributed by atoms with Crippen LogP contribution in [0, 0.1) is 5.92 Å². The van der Waals surface area contributed by atoms with Crippen LogP contribution in [0.2, 0.25) is 0 Å². The van der Waals surface area contributed by atoms with Gasteiger partial charge in [0, 0.05) is 12.2 Å². The highest BCUT2D eigenvalue weighted by atomic mass is 32.2. The molecule has 0 aromatic rings. The van der Waals surface area contributed by atoms with Gasteiger partial charge in [0.2, 0.25) is 0 Å². The number of nitrogens with zero attached hydrogens (tertiary/aromatic N) is 1. The lowest BCUT2D eigenvalue weighted by molar-refractivity contribution is 0.316. The number of rotatable bonds is 3. The molecule has 70 valence electrons. The van der Waals surface area contributed by atoms with E-state index in [1.165, 1.54) is 0 Å². The summed E-state index contributed by atoms with van der Waals surface area (Å²) >= 11 is 0. The normalized spacial score (nSPS) is 22.3. The first-order chi connectivity index (χ1) is 5.46. The lowest BCUT2D eigenvalue weighted by Gasteiger charge is -2.09. The number of oxime groups is 1. The standard InChI is InChI=1S/C7H13NO3S/c1-5(12(2,10)11)7(8-9)6-3-4-6/h5-6,9H,3-4H2,1-2H3/b8-7+/t5-/m1/s1. The van der Waals surface area contributed by atoms with Crippen molar-refractivity contribution >= 4 is 15.5 Å². The van der Waals surface area contributed by atoms with Gasteiger partial charge in [-0.15, -0.1) is 0 Å². The number of hydrogen-bond donors (Lipinski definition) is 1. The van der Waals surface area contributed by atoms with Gasteiger partial charge in [-0.25, -0.2) is 8.42 Å². The van der Waals surface area contributed by atoms with E-state index in [0.29, 0.717) is 5.71 Å². The molecule has 0 heterocycles. The zero-order chi connectivity index (χ0) is 9.35. The Hall–Kier alpha value is -0.580. The average Bonchev–Trinajstić information content (AvgIpc) is 2.70. The first kappa shape index (κ1) is 9.51. The van der Waals surface area contributed by atoms with Gasteiger partial charge >= 0.3 is 0 Å². The minimum absolute atomic E-state index is 0.194. The fraction of sp³-hybridized carbons (Fsp3) is 0.857. The average molecular weight is 191 g/mol. The molecule has 0 unspecified atom stereocenters. The Morgan fingerprint density at radius 1 is 1.58 bits per heavy atom. The van der Waals surface area contributed by atoms with Gasteiger partial charge in [-0.3, -0.25) is 0 Å². The Morgan fingerprint density at radius 3 is 2.33 bits per heavy atom. The molecule has 0 saturated heterocycles. The molecule has 1 aliphatic rings. The second kappa shape index (κ2) is 3.05. The topological polar surface area (TPSA) is 66.7 Å². The maximum absolute atomic E-state index is 11.1. The Balaban J connectivity index is 2.80. The second-order valence-electron chi connectivity index (χ2n) is 3.27. The quantitative estimate of drug-likeness (QED) is 0.405. The molecule has 0 aromatic heterocycles. The summed E-state index contributed by atoms with van der Waals surface area (Å²) in [5, 5.41) is 11.0. The first-order valence-electron chi connectivity index (χ1n) is 3.87. The summed E-state index contributed by atoms with van der Waals surface area (Å²) in [6.07, 6.45) is 3.05. The minimum atomic E-state index is -3.11. The van der Waals surface area contributed by atoms with E-state index in [9.17, 15) is 8.42 Å². The molecule has 1 atom stereocenters. The highest BCUT2D eigenvalue weighted by molar-refractivity contribution is 7.92. The summed E-state index contributed by atoms with van der Waals surface area (Å²) in [5.74, 6) is 0.194.